The van der Waals surface area contributed by atoms with E-state index in [1.54, 1.807) is 11.3 Å². The molecule has 1 aliphatic heterocycles. The van der Waals surface area contributed by atoms with Crippen LogP contribution >= 0.6 is 11.3 Å². The molecule has 1 aromatic heterocycles. The fourth-order valence-corrected chi connectivity index (χ4v) is 3.29. The number of rotatable bonds is 1. The Bertz CT molecular complexity index is 574. The highest BCUT2D eigenvalue weighted by Crippen LogP contribution is 2.42. The van der Waals surface area contributed by atoms with Crippen LogP contribution in [0.2, 0.25) is 0 Å². The fourth-order valence-electron chi connectivity index (χ4n) is 2.37. The molecule has 0 aliphatic carbocycles. The number of benzene rings is 1. The molecule has 0 saturated heterocycles. The molecule has 0 fully saturated rings. The molecule has 0 amide bonds. The molecule has 3 rings (SSSR count). The number of fused-ring (bicyclic) bond motifs is 1. The van der Waals surface area contributed by atoms with Crippen molar-refractivity contribution in [3.8, 4) is 5.75 Å². The minimum absolute atomic E-state index is 0.0195. The van der Waals surface area contributed by atoms with E-state index in [2.05, 4.69) is 19.1 Å². The molecule has 2 atom stereocenters. The summed E-state index contributed by atoms with van der Waals surface area (Å²) in [4.78, 5) is 2.47. The second-order valence-corrected chi connectivity index (χ2v) is 6.17. The summed E-state index contributed by atoms with van der Waals surface area (Å²) in [5.74, 6) is 0.815. The number of aliphatic hydroxyl groups is 1. The highest BCUT2D eigenvalue weighted by molar-refractivity contribution is 7.12. The second kappa shape index (κ2) is 4.41. The van der Waals surface area contributed by atoms with Crippen molar-refractivity contribution in [1.82, 2.24) is 0 Å². The van der Waals surface area contributed by atoms with Crippen molar-refractivity contribution >= 4 is 11.3 Å². The maximum atomic E-state index is 10.2. The minimum Gasteiger partial charge on any atom is -0.484 e. The van der Waals surface area contributed by atoms with Gasteiger partial charge in [-0.2, -0.15) is 0 Å². The monoisotopic (exact) mass is 260 g/mol. The van der Waals surface area contributed by atoms with E-state index < -0.39 is 6.10 Å². The summed E-state index contributed by atoms with van der Waals surface area (Å²) in [5.41, 5.74) is 2.07. The Hall–Kier alpha value is -1.32. The summed E-state index contributed by atoms with van der Waals surface area (Å²) < 4.78 is 6.01. The smallest absolute Gasteiger partial charge is 0.136 e. The molecule has 0 saturated carbocycles. The number of aryl methyl sites for hydroxylation is 2. The van der Waals surface area contributed by atoms with E-state index in [1.807, 2.05) is 25.1 Å². The van der Waals surface area contributed by atoms with Crippen LogP contribution in [-0.2, 0) is 0 Å². The fraction of sp³-hybridized carbons (Fsp3) is 0.333. The Balaban J connectivity index is 1.94. The lowest BCUT2D eigenvalue weighted by Crippen LogP contribution is -2.18. The zero-order valence-corrected chi connectivity index (χ0v) is 11.3. The van der Waals surface area contributed by atoms with E-state index in [1.165, 1.54) is 9.75 Å². The average molecular weight is 260 g/mol. The lowest BCUT2D eigenvalue weighted by molar-refractivity contribution is 0.0674. The zero-order chi connectivity index (χ0) is 12.7. The summed E-state index contributed by atoms with van der Waals surface area (Å²) in [6.07, 6.45) is 0.186. The van der Waals surface area contributed by atoms with Crippen LogP contribution < -0.4 is 4.74 Å². The summed E-state index contributed by atoms with van der Waals surface area (Å²) >= 11 is 1.74. The largest absolute Gasteiger partial charge is 0.484 e. The van der Waals surface area contributed by atoms with Crippen molar-refractivity contribution in [2.45, 2.75) is 32.5 Å². The Morgan fingerprint density at radius 2 is 2.06 bits per heavy atom. The van der Waals surface area contributed by atoms with Crippen molar-refractivity contribution in [2.75, 3.05) is 0 Å². The number of hydrogen-bond donors (Lipinski definition) is 1. The van der Waals surface area contributed by atoms with Crippen molar-refractivity contribution in [1.29, 1.82) is 0 Å². The molecule has 18 heavy (non-hydrogen) atoms. The third kappa shape index (κ3) is 2.04. The maximum absolute atomic E-state index is 10.2. The van der Waals surface area contributed by atoms with Crippen LogP contribution in [0.1, 0.15) is 39.5 Å². The number of thiophene rings is 1. The first kappa shape index (κ1) is 11.8. The van der Waals surface area contributed by atoms with Gasteiger partial charge in [-0.15, -0.1) is 11.3 Å². The first-order valence-electron chi connectivity index (χ1n) is 6.15. The van der Waals surface area contributed by atoms with Gasteiger partial charge in [-0.3, -0.25) is 0 Å². The molecular weight excluding hydrogens is 244 g/mol. The van der Waals surface area contributed by atoms with E-state index in [4.69, 9.17) is 4.74 Å². The molecular formula is C15H16O2S. The van der Waals surface area contributed by atoms with Crippen molar-refractivity contribution in [3.63, 3.8) is 0 Å². The van der Waals surface area contributed by atoms with Gasteiger partial charge in [0, 0.05) is 21.7 Å². The summed E-state index contributed by atoms with van der Waals surface area (Å²) in [6, 6.07) is 10.2. The SMILES string of the molecule is Cc1ccc2c(c1)[C@@H](O)CC(c1ccc(C)s1)O2. The Morgan fingerprint density at radius 3 is 2.78 bits per heavy atom. The van der Waals surface area contributed by atoms with Crippen LogP contribution in [0.5, 0.6) is 5.75 Å². The van der Waals surface area contributed by atoms with Crippen LogP contribution in [0.4, 0.5) is 0 Å². The van der Waals surface area contributed by atoms with Crippen LogP contribution in [0.25, 0.3) is 0 Å². The molecule has 1 aliphatic rings. The molecule has 1 N–H and O–H groups in total. The predicted octanol–water partition coefficient (Wildman–Crippen LogP) is 3.92. The van der Waals surface area contributed by atoms with E-state index >= 15 is 0 Å². The van der Waals surface area contributed by atoms with E-state index in [-0.39, 0.29) is 6.10 Å². The second-order valence-electron chi connectivity index (χ2n) is 4.85. The number of aliphatic hydroxyl groups excluding tert-OH is 1. The number of ether oxygens (including phenoxy) is 1. The highest BCUT2D eigenvalue weighted by atomic mass is 32.1. The van der Waals surface area contributed by atoms with Crippen LogP contribution in [-0.4, -0.2) is 5.11 Å². The van der Waals surface area contributed by atoms with E-state index in [9.17, 15) is 5.11 Å². The topological polar surface area (TPSA) is 29.5 Å². The van der Waals surface area contributed by atoms with Crippen molar-refractivity contribution in [2.24, 2.45) is 0 Å². The molecule has 3 heteroatoms. The van der Waals surface area contributed by atoms with Gasteiger partial charge in [-0.1, -0.05) is 11.6 Å². The lowest BCUT2D eigenvalue weighted by atomic mass is 9.97. The van der Waals surface area contributed by atoms with Gasteiger partial charge < -0.3 is 9.84 Å². The molecule has 2 nitrogen and oxygen atoms in total. The van der Waals surface area contributed by atoms with Gasteiger partial charge in [0.25, 0.3) is 0 Å². The van der Waals surface area contributed by atoms with Gasteiger partial charge in [-0.25, -0.2) is 0 Å². The van der Waals surface area contributed by atoms with Gasteiger partial charge in [0.2, 0.25) is 0 Å². The highest BCUT2D eigenvalue weighted by Gasteiger charge is 2.28. The van der Waals surface area contributed by atoms with Gasteiger partial charge in [0.05, 0.1) is 6.10 Å². The molecule has 0 radical (unpaired) electrons. The maximum Gasteiger partial charge on any atom is 0.136 e. The third-order valence-corrected chi connectivity index (χ3v) is 4.40. The quantitative estimate of drug-likeness (QED) is 0.842. The molecule has 2 heterocycles. The molecule has 94 valence electrons. The minimum atomic E-state index is -0.430. The van der Waals surface area contributed by atoms with E-state index in [0.29, 0.717) is 6.42 Å². The molecule has 1 unspecified atom stereocenters. The van der Waals surface area contributed by atoms with Gasteiger partial charge in [0.1, 0.15) is 11.9 Å². The van der Waals surface area contributed by atoms with Gasteiger partial charge >= 0.3 is 0 Å². The standard InChI is InChI=1S/C15H16O2S/c1-9-3-5-13-11(7-9)12(16)8-14(17-13)15-6-4-10(2)18-15/h3-7,12,14,16H,8H2,1-2H3/t12-,14?/m0/s1. The predicted molar refractivity (Wildman–Crippen MR) is 73.2 cm³/mol. The number of hydrogen-bond acceptors (Lipinski definition) is 3. The molecule has 0 bridgehead atoms. The van der Waals surface area contributed by atoms with Crippen LogP contribution in [0, 0.1) is 13.8 Å². The first-order chi connectivity index (χ1) is 8.63. The van der Waals surface area contributed by atoms with Crippen molar-refractivity contribution < 1.29 is 9.84 Å². The summed E-state index contributed by atoms with van der Waals surface area (Å²) in [6.45, 7) is 4.12. The Morgan fingerprint density at radius 1 is 1.22 bits per heavy atom. The third-order valence-electron chi connectivity index (χ3n) is 3.31. The summed E-state index contributed by atoms with van der Waals surface area (Å²) in [7, 11) is 0. The Labute approximate surface area is 111 Å². The summed E-state index contributed by atoms with van der Waals surface area (Å²) in [5, 5.41) is 10.2. The van der Waals surface area contributed by atoms with Crippen molar-refractivity contribution in [3.05, 3.63) is 51.2 Å². The molecule has 0 spiro atoms. The van der Waals surface area contributed by atoms with Crippen LogP contribution in [0.3, 0.4) is 0 Å². The van der Waals surface area contributed by atoms with Crippen LogP contribution in [0.15, 0.2) is 30.3 Å². The van der Waals surface area contributed by atoms with E-state index in [0.717, 1.165) is 16.9 Å². The molecule has 1 aromatic carbocycles. The Kier molecular flexibility index (Phi) is 2.88. The average Bonchev–Trinajstić information content (AvgIpc) is 2.77. The zero-order valence-electron chi connectivity index (χ0n) is 10.5. The van der Waals surface area contributed by atoms with Gasteiger partial charge in [0.15, 0.2) is 0 Å². The first-order valence-corrected chi connectivity index (χ1v) is 6.97. The normalized spacial score (nSPS) is 22.4. The molecule has 2 aromatic rings. The van der Waals surface area contributed by atoms with Gasteiger partial charge in [-0.05, 0) is 38.1 Å². The lowest BCUT2D eigenvalue weighted by Gasteiger charge is -2.29.